The maximum absolute atomic E-state index is 12.9. The van der Waals surface area contributed by atoms with Crippen LogP contribution in [0.15, 0.2) is 49.0 Å². The predicted octanol–water partition coefficient (Wildman–Crippen LogP) is 5.58. The minimum Gasteiger partial charge on any atom is -0.452 e. The third kappa shape index (κ3) is 4.54. The number of aryl methyl sites for hydroxylation is 2. The summed E-state index contributed by atoms with van der Waals surface area (Å²) in [6.07, 6.45) is 0.824. The summed E-state index contributed by atoms with van der Waals surface area (Å²) in [7, 11) is 0. The summed E-state index contributed by atoms with van der Waals surface area (Å²) in [5.74, 6) is -0.263. The van der Waals surface area contributed by atoms with Crippen LogP contribution in [0.3, 0.4) is 0 Å². The van der Waals surface area contributed by atoms with E-state index in [1.165, 1.54) is 0 Å². The van der Waals surface area contributed by atoms with Crippen molar-refractivity contribution in [1.29, 1.82) is 0 Å². The molecule has 0 radical (unpaired) electrons. The molecular formula is C24H28O3. The summed E-state index contributed by atoms with van der Waals surface area (Å²) in [6.45, 7) is 13.6. The highest BCUT2D eigenvalue weighted by molar-refractivity contribution is 6.07. The highest BCUT2D eigenvalue weighted by Gasteiger charge is 2.32. The van der Waals surface area contributed by atoms with Crippen molar-refractivity contribution in [3.8, 4) is 0 Å². The quantitative estimate of drug-likeness (QED) is 0.366. The van der Waals surface area contributed by atoms with Gasteiger partial charge in [0.1, 0.15) is 6.29 Å². The Bertz CT molecular complexity index is 847. The smallest absolute Gasteiger partial charge is 0.312 e. The molecule has 0 aliphatic rings. The van der Waals surface area contributed by atoms with E-state index in [1.54, 1.807) is 0 Å². The first kappa shape index (κ1) is 20.6. The number of esters is 1. The van der Waals surface area contributed by atoms with Crippen LogP contribution in [0.5, 0.6) is 0 Å². The first-order valence-electron chi connectivity index (χ1n) is 9.23. The van der Waals surface area contributed by atoms with Gasteiger partial charge in [0.2, 0.25) is 0 Å². The van der Waals surface area contributed by atoms with Crippen molar-refractivity contribution >= 4 is 17.8 Å². The van der Waals surface area contributed by atoms with E-state index in [0.717, 1.165) is 34.1 Å². The van der Waals surface area contributed by atoms with Crippen molar-refractivity contribution in [3.05, 3.63) is 76.9 Å². The fraction of sp³-hybridized carbons (Fsp3) is 0.333. The number of hydrogen-bond donors (Lipinski definition) is 0. The van der Waals surface area contributed by atoms with E-state index in [2.05, 4.69) is 6.58 Å². The van der Waals surface area contributed by atoms with Crippen molar-refractivity contribution in [3.63, 3.8) is 0 Å². The predicted molar refractivity (Wildman–Crippen MR) is 109 cm³/mol. The maximum Gasteiger partial charge on any atom is 0.312 e. The lowest BCUT2D eigenvalue weighted by Crippen LogP contribution is -2.28. The van der Waals surface area contributed by atoms with Gasteiger partial charge in [0.25, 0.3) is 0 Å². The number of ether oxygens (including phenoxy) is 1. The molecule has 0 bridgehead atoms. The number of rotatable bonds is 7. The molecule has 0 amide bonds. The van der Waals surface area contributed by atoms with Crippen LogP contribution < -0.4 is 0 Å². The zero-order valence-corrected chi connectivity index (χ0v) is 16.8. The van der Waals surface area contributed by atoms with Gasteiger partial charge in [-0.05, 0) is 50.8 Å². The molecule has 2 rings (SSSR count). The minimum absolute atomic E-state index is 0.263. The van der Waals surface area contributed by atoms with E-state index in [-0.39, 0.29) is 5.97 Å². The van der Waals surface area contributed by atoms with Gasteiger partial charge in [0.15, 0.2) is 6.10 Å². The van der Waals surface area contributed by atoms with Crippen LogP contribution >= 0.6 is 0 Å². The molecule has 0 aliphatic carbocycles. The van der Waals surface area contributed by atoms with Crippen LogP contribution in [0.4, 0.5) is 0 Å². The lowest BCUT2D eigenvalue weighted by molar-refractivity contribution is -0.158. The average molecular weight is 364 g/mol. The molecule has 0 N–H and O–H groups in total. The normalized spacial score (nSPS) is 12.3. The Morgan fingerprint density at radius 1 is 1.19 bits per heavy atom. The molecule has 3 nitrogen and oxygen atoms in total. The molecule has 1 atom stereocenters. The Morgan fingerprint density at radius 3 is 2.37 bits per heavy atom. The Labute approximate surface area is 162 Å². The summed E-state index contributed by atoms with van der Waals surface area (Å²) in [4.78, 5) is 24.3. The number of allylic oxidation sites excluding steroid dienone is 1. The summed E-state index contributed by atoms with van der Waals surface area (Å²) >= 11 is 0. The average Bonchev–Trinajstić information content (AvgIpc) is 2.65. The lowest BCUT2D eigenvalue weighted by atomic mass is 9.87. The van der Waals surface area contributed by atoms with E-state index in [4.69, 9.17) is 4.74 Å². The molecule has 0 saturated heterocycles. The van der Waals surface area contributed by atoms with Gasteiger partial charge in [0, 0.05) is 11.1 Å². The van der Waals surface area contributed by atoms with Crippen molar-refractivity contribution in [2.45, 2.75) is 47.1 Å². The molecule has 142 valence electrons. The van der Waals surface area contributed by atoms with Crippen LogP contribution in [0.25, 0.3) is 5.57 Å². The first-order chi connectivity index (χ1) is 12.7. The van der Waals surface area contributed by atoms with Gasteiger partial charge in [-0.1, -0.05) is 61.5 Å². The van der Waals surface area contributed by atoms with Crippen molar-refractivity contribution in [2.24, 2.45) is 5.41 Å². The lowest BCUT2D eigenvalue weighted by Gasteiger charge is -2.28. The largest absolute Gasteiger partial charge is 0.452 e. The first-order valence-corrected chi connectivity index (χ1v) is 9.23. The number of hydrogen-bond acceptors (Lipinski definition) is 3. The second-order valence-electron chi connectivity index (χ2n) is 7.62. The topological polar surface area (TPSA) is 43.4 Å². The van der Waals surface area contributed by atoms with Crippen LogP contribution in [0.1, 0.15) is 61.1 Å². The molecule has 0 aliphatic heterocycles. The molecule has 3 heteroatoms. The Morgan fingerprint density at radius 2 is 1.81 bits per heavy atom. The van der Waals surface area contributed by atoms with Crippen LogP contribution in [-0.4, -0.2) is 12.3 Å². The van der Waals surface area contributed by atoms with Gasteiger partial charge in [-0.2, -0.15) is 0 Å². The molecule has 2 aromatic rings. The summed E-state index contributed by atoms with van der Waals surface area (Å²) in [5.41, 5.74) is 4.17. The molecule has 2 aromatic carbocycles. The summed E-state index contributed by atoms with van der Waals surface area (Å²) < 4.78 is 6.03. The highest BCUT2D eigenvalue weighted by Crippen LogP contribution is 2.36. The number of carbonyl (C=O) groups is 2. The Kier molecular flexibility index (Phi) is 6.37. The van der Waals surface area contributed by atoms with E-state index in [1.807, 2.05) is 77.1 Å². The van der Waals surface area contributed by atoms with Gasteiger partial charge in [-0.3, -0.25) is 9.59 Å². The fourth-order valence-electron chi connectivity index (χ4n) is 3.05. The van der Waals surface area contributed by atoms with Gasteiger partial charge in [-0.15, -0.1) is 0 Å². The van der Waals surface area contributed by atoms with Crippen LogP contribution in [0.2, 0.25) is 0 Å². The second kappa shape index (κ2) is 8.34. The van der Waals surface area contributed by atoms with Gasteiger partial charge in [-0.25, -0.2) is 0 Å². The van der Waals surface area contributed by atoms with Crippen molar-refractivity contribution in [1.82, 2.24) is 0 Å². The Hall–Kier alpha value is -2.68. The van der Waals surface area contributed by atoms with E-state index in [9.17, 15) is 9.59 Å². The molecule has 0 saturated carbocycles. The van der Waals surface area contributed by atoms with Gasteiger partial charge < -0.3 is 4.74 Å². The van der Waals surface area contributed by atoms with Crippen LogP contribution in [0, 0.1) is 19.3 Å². The minimum atomic E-state index is -0.602. The van der Waals surface area contributed by atoms with Gasteiger partial charge >= 0.3 is 5.97 Å². The summed E-state index contributed by atoms with van der Waals surface area (Å²) in [5, 5.41) is 0. The molecule has 0 heterocycles. The standard InChI is InChI=1S/C24H28O3/c1-7-24(5,6)23(26)27-22(19-11-9-8-10-12-19)20-14-16(2)13-17(3)21(20)18(4)15-25/h8-15,22H,4,7H2,1-3,5-6H3. The van der Waals surface area contributed by atoms with E-state index >= 15 is 0 Å². The molecule has 0 spiro atoms. The van der Waals surface area contributed by atoms with Gasteiger partial charge in [0.05, 0.1) is 5.41 Å². The van der Waals surface area contributed by atoms with E-state index in [0.29, 0.717) is 12.0 Å². The number of benzene rings is 2. The maximum atomic E-state index is 12.9. The number of aldehydes is 1. The second-order valence-corrected chi connectivity index (χ2v) is 7.62. The van der Waals surface area contributed by atoms with E-state index < -0.39 is 11.5 Å². The Balaban J connectivity index is 2.67. The van der Waals surface area contributed by atoms with Crippen molar-refractivity contribution < 1.29 is 14.3 Å². The fourth-order valence-corrected chi connectivity index (χ4v) is 3.05. The monoisotopic (exact) mass is 364 g/mol. The van der Waals surface area contributed by atoms with Crippen LogP contribution in [-0.2, 0) is 14.3 Å². The zero-order chi connectivity index (χ0) is 20.2. The highest BCUT2D eigenvalue weighted by atomic mass is 16.5. The zero-order valence-electron chi connectivity index (χ0n) is 16.8. The molecular weight excluding hydrogens is 336 g/mol. The molecule has 1 unspecified atom stereocenters. The summed E-state index contributed by atoms with van der Waals surface area (Å²) in [6, 6.07) is 13.6. The third-order valence-corrected chi connectivity index (χ3v) is 5.02. The van der Waals surface area contributed by atoms with Crippen molar-refractivity contribution in [2.75, 3.05) is 0 Å². The SMILES string of the molecule is C=C(C=O)c1c(C)cc(C)cc1C(OC(=O)C(C)(C)CC)c1ccccc1. The molecule has 0 fully saturated rings. The number of carbonyl (C=O) groups excluding carboxylic acids is 2. The molecule has 0 aromatic heterocycles. The molecule has 27 heavy (non-hydrogen) atoms. The third-order valence-electron chi connectivity index (χ3n) is 5.02.